The van der Waals surface area contributed by atoms with Gasteiger partial charge >= 0.3 is 5.97 Å². The Morgan fingerprint density at radius 3 is 1.16 bits per heavy atom. The molecule has 0 bridgehead atoms. The van der Waals surface area contributed by atoms with E-state index in [4.69, 9.17) is 4.74 Å². The van der Waals surface area contributed by atoms with Crippen molar-refractivity contribution in [3.63, 3.8) is 0 Å². The van der Waals surface area contributed by atoms with Crippen molar-refractivity contribution in [2.45, 2.75) is 289 Å². The van der Waals surface area contributed by atoms with E-state index in [1.165, 1.54) is 167 Å². The monoisotopic (exact) mass is 858 g/mol. The quantitative estimate of drug-likeness (QED) is 0.0322. The van der Waals surface area contributed by atoms with Gasteiger partial charge < -0.3 is 20.3 Å². The Morgan fingerprint density at radius 2 is 0.770 bits per heavy atom. The van der Waals surface area contributed by atoms with Crippen LogP contribution in [0.25, 0.3) is 0 Å². The molecule has 0 fully saturated rings. The average molecular weight is 858 g/mol. The van der Waals surface area contributed by atoms with Crippen molar-refractivity contribution in [3.8, 4) is 0 Å². The van der Waals surface area contributed by atoms with E-state index in [2.05, 4.69) is 43.5 Å². The maximum absolute atomic E-state index is 12.4. The molecule has 61 heavy (non-hydrogen) atoms. The molecule has 358 valence electrons. The van der Waals surface area contributed by atoms with Gasteiger partial charge in [-0.2, -0.15) is 0 Å². The first-order valence-corrected chi connectivity index (χ1v) is 26.8. The zero-order valence-electron chi connectivity index (χ0n) is 40.6. The van der Waals surface area contributed by atoms with Gasteiger partial charge in [-0.15, -0.1) is 0 Å². The highest BCUT2D eigenvalue weighted by atomic mass is 16.5. The molecule has 0 aliphatic carbocycles. The van der Waals surface area contributed by atoms with Crippen molar-refractivity contribution in [2.75, 3.05) is 13.2 Å². The van der Waals surface area contributed by atoms with Gasteiger partial charge in [0.05, 0.1) is 25.4 Å². The molecule has 0 aliphatic heterocycles. The highest BCUT2D eigenvalue weighted by Crippen LogP contribution is 2.15. The van der Waals surface area contributed by atoms with Crippen LogP contribution in [0.2, 0.25) is 0 Å². The van der Waals surface area contributed by atoms with Gasteiger partial charge in [-0.1, -0.05) is 217 Å². The minimum atomic E-state index is -0.863. The summed E-state index contributed by atoms with van der Waals surface area (Å²) in [6, 6.07) is -0.650. The molecule has 0 aromatic heterocycles. The third kappa shape index (κ3) is 47.4. The van der Waals surface area contributed by atoms with E-state index in [1.807, 2.05) is 6.08 Å². The van der Waals surface area contributed by atoms with Gasteiger partial charge in [0.1, 0.15) is 0 Å². The maximum atomic E-state index is 12.4. The van der Waals surface area contributed by atoms with Crippen LogP contribution >= 0.6 is 0 Å². The summed E-state index contributed by atoms with van der Waals surface area (Å²) >= 11 is 0. The number of rotatable bonds is 49. The zero-order valence-corrected chi connectivity index (χ0v) is 40.6. The van der Waals surface area contributed by atoms with Crippen LogP contribution in [-0.4, -0.2) is 47.4 Å². The van der Waals surface area contributed by atoms with Gasteiger partial charge in [0.25, 0.3) is 0 Å². The van der Waals surface area contributed by atoms with Crippen LogP contribution in [0.15, 0.2) is 36.5 Å². The van der Waals surface area contributed by atoms with Crippen LogP contribution < -0.4 is 5.32 Å². The fourth-order valence-electron chi connectivity index (χ4n) is 7.97. The topological polar surface area (TPSA) is 95.9 Å². The highest BCUT2D eigenvalue weighted by Gasteiger charge is 2.18. The first kappa shape index (κ1) is 59.1. The number of carbonyl (C=O) groups is 2. The number of unbranched alkanes of at least 4 members (excludes halogenated alkanes) is 34. The Balaban J connectivity index is 3.56. The molecule has 0 aliphatic rings. The number of ether oxygens (including phenoxy) is 1. The second-order valence-electron chi connectivity index (χ2n) is 18.2. The van der Waals surface area contributed by atoms with Crippen molar-refractivity contribution < 1.29 is 24.5 Å². The Bertz CT molecular complexity index is 993. The number of hydrogen-bond acceptors (Lipinski definition) is 5. The molecule has 0 spiro atoms. The molecule has 1 amide bonds. The predicted molar refractivity (Wildman–Crippen MR) is 264 cm³/mol. The van der Waals surface area contributed by atoms with Crippen LogP contribution in [0.3, 0.4) is 0 Å². The van der Waals surface area contributed by atoms with Crippen molar-refractivity contribution in [3.05, 3.63) is 36.5 Å². The lowest BCUT2D eigenvalue weighted by atomic mass is 10.0. The summed E-state index contributed by atoms with van der Waals surface area (Å²) in [7, 11) is 0. The lowest BCUT2D eigenvalue weighted by molar-refractivity contribution is -0.143. The molecule has 0 radical (unpaired) electrons. The van der Waals surface area contributed by atoms with Gasteiger partial charge in [-0.05, 0) is 83.5 Å². The number of esters is 1. The number of nitrogens with one attached hydrogen (secondary N) is 1. The average Bonchev–Trinajstić information content (AvgIpc) is 3.26. The minimum Gasteiger partial charge on any atom is -0.466 e. The number of amides is 1. The van der Waals surface area contributed by atoms with Crippen LogP contribution in [-0.2, 0) is 14.3 Å². The molecule has 0 aromatic rings. The second kappa shape index (κ2) is 50.7. The standard InChI is InChI=1S/C55H103NO5/c1-3-5-7-9-11-13-15-17-19-21-22-24-27-31-35-39-43-47-53(58)52(51-57)56-54(59)48-44-40-36-32-28-26-30-34-38-42-46-50-61-55(60)49-45-41-37-33-29-25-23-20-18-16-14-12-10-8-6-4-2/h20,23,30,34,43,47,52-53,57-58H,3-19,21-22,24-29,31-33,35-42,44-46,48-51H2,1-2H3,(H,56,59)/b23-20-,34-30-,47-43+. The smallest absolute Gasteiger partial charge is 0.305 e. The van der Waals surface area contributed by atoms with Gasteiger partial charge in [0.2, 0.25) is 5.91 Å². The second-order valence-corrected chi connectivity index (χ2v) is 18.2. The molecule has 0 aromatic carbocycles. The number of carbonyl (C=O) groups excluding carboxylic acids is 2. The molecule has 0 saturated heterocycles. The lowest BCUT2D eigenvalue weighted by Crippen LogP contribution is -2.45. The van der Waals surface area contributed by atoms with Crippen LogP contribution in [0.1, 0.15) is 277 Å². The number of allylic oxidation sites excluding steroid dienone is 5. The third-order valence-corrected chi connectivity index (χ3v) is 12.1. The maximum Gasteiger partial charge on any atom is 0.305 e. The summed E-state index contributed by atoms with van der Waals surface area (Å²) in [5.74, 6) is -0.138. The molecule has 0 saturated carbocycles. The highest BCUT2D eigenvalue weighted by molar-refractivity contribution is 5.76. The van der Waals surface area contributed by atoms with E-state index in [0.717, 1.165) is 83.5 Å². The van der Waals surface area contributed by atoms with E-state index in [9.17, 15) is 19.8 Å². The van der Waals surface area contributed by atoms with Gasteiger partial charge in [-0.3, -0.25) is 9.59 Å². The van der Waals surface area contributed by atoms with E-state index < -0.39 is 12.1 Å². The van der Waals surface area contributed by atoms with E-state index in [-0.39, 0.29) is 18.5 Å². The Kier molecular flexibility index (Phi) is 49.1. The zero-order chi connectivity index (χ0) is 44.4. The van der Waals surface area contributed by atoms with E-state index >= 15 is 0 Å². The first-order valence-electron chi connectivity index (χ1n) is 26.8. The number of hydrogen-bond donors (Lipinski definition) is 3. The fourth-order valence-corrected chi connectivity index (χ4v) is 7.97. The summed E-state index contributed by atoms with van der Waals surface area (Å²) in [6.07, 6.45) is 61.5. The Morgan fingerprint density at radius 1 is 0.443 bits per heavy atom. The van der Waals surface area contributed by atoms with Crippen molar-refractivity contribution in [1.82, 2.24) is 5.32 Å². The Hall–Kier alpha value is -1.92. The van der Waals surface area contributed by atoms with Gasteiger partial charge in [0, 0.05) is 12.8 Å². The van der Waals surface area contributed by atoms with Crippen molar-refractivity contribution in [1.29, 1.82) is 0 Å². The SMILES string of the molecule is CCCCCCCCC/C=C\CCCCCCCC(=O)OCCCC/C=C\CCCCCCCC(=O)NC(CO)C(O)/C=C/CCCCCCCCCCCCCCCCC. The van der Waals surface area contributed by atoms with E-state index in [0.29, 0.717) is 19.4 Å². The van der Waals surface area contributed by atoms with Crippen molar-refractivity contribution in [2.24, 2.45) is 0 Å². The van der Waals surface area contributed by atoms with Crippen LogP contribution in [0.4, 0.5) is 0 Å². The molecule has 2 atom stereocenters. The lowest BCUT2D eigenvalue weighted by Gasteiger charge is -2.20. The number of aliphatic hydroxyl groups is 2. The summed E-state index contributed by atoms with van der Waals surface area (Å²) in [4.78, 5) is 24.5. The molecule has 6 heteroatoms. The molecular formula is C55H103NO5. The normalized spacial score (nSPS) is 12.9. The first-order chi connectivity index (χ1) is 30.0. The van der Waals surface area contributed by atoms with Gasteiger partial charge in [0.15, 0.2) is 0 Å². The predicted octanol–water partition coefficient (Wildman–Crippen LogP) is 16.1. The summed E-state index contributed by atoms with van der Waals surface area (Å²) in [6.45, 7) is 4.82. The molecule has 2 unspecified atom stereocenters. The minimum absolute atomic E-state index is 0.0407. The molecule has 0 heterocycles. The molecular weight excluding hydrogens is 755 g/mol. The van der Waals surface area contributed by atoms with Crippen molar-refractivity contribution >= 4 is 11.9 Å². The van der Waals surface area contributed by atoms with Gasteiger partial charge in [-0.25, -0.2) is 0 Å². The largest absolute Gasteiger partial charge is 0.466 e. The number of aliphatic hydroxyl groups excluding tert-OH is 2. The summed E-state index contributed by atoms with van der Waals surface area (Å²) < 4.78 is 5.44. The summed E-state index contributed by atoms with van der Waals surface area (Å²) in [5.41, 5.74) is 0. The molecule has 0 rings (SSSR count). The van der Waals surface area contributed by atoms with Crippen LogP contribution in [0.5, 0.6) is 0 Å². The van der Waals surface area contributed by atoms with E-state index in [1.54, 1.807) is 6.08 Å². The summed E-state index contributed by atoms with van der Waals surface area (Å²) in [5, 5.41) is 23.1. The molecule has 6 nitrogen and oxygen atoms in total. The molecule has 3 N–H and O–H groups in total. The fraction of sp³-hybridized carbons (Fsp3) is 0.855. The van der Waals surface area contributed by atoms with Crippen LogP contribution in [0, 0.1) is 0 Å². The Labute approximate surface area is 379 Å². The third-order valence-electron chi connectivity index (χ3n) is 12.1.